The van der Waals surface area contributed by atoms with E-state index in [0.717, 1.165) is 0 Å². The molecule has 29 heavy (non-hydrogen) atoms. The minimum atomic E-state index is -7.87. The molecule has 0 atom stereocenters. The van der Waals surface area contributed by atoms with Gasteiger partial charge in [0.25, 0.3) is 0 Å². The van der Waals surface area contributed by atoms with Gasteiger partial charge in [0, 0.05) is 6.42 Å². The van der Waals surface area contributed by atoms with E-state index in [1.807, 2.05) is 0 Å². The number of benzene rings is 1. The summed E-state index contributed by atoms with van der Waals surface area (Å²) in [7, 11) is 0. The van der Waals surface area contributed by atoms with Gasteiger partial charge in [-0.2, -0.15) is 57.1 Å². The smallest absolute Gasteiger partial charge is 0.460 e. The first-order chi connectivity index (χ1) is 12.8. The summed E-state index contributed by atoms with van der Waals surface area (Å²) in [6, 6.07) is 6.94. The second-order valence-corrected chi connectivity index (χ2v) is 5.76. The predicted octanol–water partition coefficient (Wildman–Crippen LogP) is 6.58. The van der Waals surface area contributed by atoms with Crippen LogP contribution in [0.25, 0.3) is 0 Å². The van der Waals surface area contributed by atoms with E-state index in [1.54, 1.807) is 0 Å². The molecule has 1 nitrogen and oxygen atoms in total. The lowest BCUT2D eigenvalue weighted by molar-refractivity contribution is -0.440. The Kier molecular flexibility index (Phi) is 6.71. The van der Waals surface area contributed by atoms with Crippen molar-refractivity contribution in [1.82, 2.24) is 0 Å². The van der Waals surface area contributed by atoms with Crippen molar-refractivity contribution in [2.24, 2.45) is 0 Å². The minimum absolute atomic E-state index is 0.0456. The molecule has 1 aromatic rings. The second-order valence-electron chi connectivity index (χ2n) is 5.76. The minimum Gasteiger partial charge on any atom is -0.494 e. The molecule has 1 rings (SSSR count). The lowest BCUT2D eigenvalue weighted by atomic mass is 9.92. The van der Waals surface area contributed by atoms with Crippen LogP contribution in [0.3, 0.4) is 0 Å². The second kappa shape index (κ2) is 7.74. The summed E-state index contributed by atoms with van der Waals surface area (Å²) in [5.41, 5.74) is 0. The number of halogens is 13. The molecule has 0 amide bonds. The molecular formula is C15H11F13O. The molecule has 0 radical (unpaired) electrons. The van der Waals surface area contributed by atoms with E-state index in [4.69, 9.17) is 4.74 Å². The van der Waals surface area contributed by atoms with Crippen LogP contribution in [0.15, 0.2) is 30.3 Å². The molecule has 168 valence electrons. The van der Waals surface area contributed by atoms with Gasteiger partial charge in [0.05, 0.1) is 6.61 Å². The Bertz CT molecular complexity index is 667. The topological polar surface area (TPSA) is 9.23 Å². The van der Waals surface area contributed by atoms with Crippen LogP contribution in [-0.2, 0) is 0 Å². The van der Waals surface area contributed by atoms with Gasteiger partial charge in [-0.15, -0.1) is 0 Å². The molecule has 0 aliphatic carbocycles. The highest BCUT2D eigenvalue weighted by atomic mass is 19.4. The zero-order chi connectivity index (χ0) is 22.9. The van der Waals surface area contributed by atoms with E-state index in [9.17, 15) is 57.1 Å². The molecule has 0 saturated carbocycles. The normalized spacial score (nSPS) is 14.8. The Balaban J connectivity index is 3.00. The molecular weight excluding hydrogens is 443 g/mol. The molecule has 0 bridgehead atoms. The van der Waals surface area contributed by atoms with E-state index in [1.165, 1.54) is 30.3 Å². The van der Waals surface area contributed by atoms with Crippen molar-refractivity contribution in [3.63, 3.8) is 0 Å². The predicted molar refractivity (Wildman–Crippen MR) is 72.0 cm³/mol. The van der Waals surface area contributed by atoms with Crippen molar-refractivity contribution in [2.75, 3.05) is 6.61 Å². The first kappa shape index (κ1) is 25.1. The number of hydrogen-bond donors (Lipinski definition) is 0. The van der Waals surface area contributed by atoms with Crippen LogP contribution >= 0.6 is 0 Å². The zero-order valence-electron chi connectivity index (χ0n) is 13.8. The van der Waals surface area contributed by atoms with Gasteiger partial charge >= 0.3 is 35.8 Å². The average Bonchev–Trinajstić information content (AvgIpc) is 2.58. The standard InChI is InChI=1S/C15H11F13O/c16-10(17,7-4-8-29-9-5-2-1-3-6-9)11(18,19)12(20,21)13(22,23)14(24,25)15(26,27)28/h1-3,5-6H,4,7-8H2. The highest BCUT2D eigenvalue weighted by Crippen LogP contribution is 2.60. The van der Waals surface area contributed by atoms with Gasteiger partial charge in [0.1, 0.15) is 5.75 Å². The van der Waals surface area contributed by atoms with Crippen LogP contribution in [0.4, 0.5) is 57.1 Å². The van der Waals surface area contributed by atoms with Crippen molar-refractivity contribution in [1.29, 1.82) is 0 Å². The fourth-order valence-corrected chi connectivity index (χ4v) is 1.96. The summed E-state index contributed by atoms with van der Waals surface area (Å²) in [6.45, 7) is -0.795. The number of alkyl halides is 13. The van der Waals surface area contributed by atoms with E-state index >= 15 is 0 Å². The maximum absolute atomic E-state index is 13.5. The van der Waals surface area contributed by atoms with Crippen LogP contribution in [-0.4, -0.2) is 42.4 Å². The molecule has 0 fully saturated rings. The maximum atomic E-state index is 13.5. The van der Waals surface area contributed by atoms with Gasteiger partial charge < -0.3 is 4.74 Å². The van der Waals surface area contributed by atoms with Gasteiger partial charge in [0.2, 0.25) is 0 Å². The van der Waals surface area contributed by atoms with Gasteiger partial charge in [-0.1, -0.05) is 18.2 Å². The summed E-state index contributed by atoms with van der Waals surface area (Å²) < 4.78 is 172. The average molecular weight is 454 g/mol. The number of rotatable bonds is 9. The van der Waals surface area contributed by atoms with Crippen LogP contribution in [0.5, 0.6) is 5.75 Å². The zero-order valence-corrected chi connectivity index (χ0v) is 13.8. The highest BCUT2D eigenvalue weighted by Gasteiger charge is 2.90. The third-order valence-corrected chi connectivity index (χ3v) is 3.65. The monoisotopic (exact) mass is 454 g/mol. The molecule has 14 heteroatoms. The molecule has 0 unspecified atom stereocenters. The lowest BCUT2D eigenvalue weighted by Gasteiger charge is -2.39. The molecule has 0 aliphatic rings. The van der Waals surface area contributed by atoms with Crippen LogP contribution in [0.1, 0.15) is 12.8 Å². The van der Waals surface area contributed by atoms with Gasteiger partial charge in [-0.25, -0.2) is 0 Å². The first-order valence-electron chi connectivity index (χ1n) is 7.46. The van der Waals surface area contributed by atoms with Crippen LogP contribution < -0.4 is 4.74 Å². The Morgan fingerprint density at radius 1 is 0.586 bits per heavy atom. The number of ether oxygens (including phenoxy) is 1. The fourth-order valence-electron chi connectivity index (χ4n) is 1.96. The van der Waals surface area contributed by atoms with E-state index in [0.29, 0.717) is 0 Å². The molecule has 1 aromatic carbocycles. The Morgan fingerprint density at radius 2 is 1.03 bits per heavy atom. The van der Waals surface area contributed by atoms with Crippen molar-refractivity contribution in [2.45, 2.75) is 48.6 Å². The summed E-state index contributed by atoms with van der Waals surface area (Å²) in [6.07, 6.45) is -10.8. The molecule has 0 heterocycles. The number of para-hydroxylation sites is 1. The van der Waals surface area contributed by atoms with Crippen molar-refractivity contribution in [3.8, 4) is 5.75 Å². The fraction of sp³-hybridized carbons (Fsp3) is 0.600. The van der Waals surface area contributed by atoms with Gasteiger partial charge in [-0.3, -0.25) is 0 Å². The Labute approximate surface area is 154 Å². The Hall–Kier alpha value is -1.89. The van der Waals surface area contributed by atoms with Crippen molar-refractivity contribution >= 4 is 0 Å². The summed E-state index contributed by atoms with van der Waals surface area (Å²) in [5, 5.41) is 0. The summed E-state index contributed by atoms with van der Waals surface area (Å²) in [5.74, 6) is -36.6. The molecule has 0 spiro atoms. The third-order valence-electron chi connectivity index (χ3n) is 3.65. The van der Waals surface area contributed by atoms with Crippen molar-refractivity contribution < 1.29 is 61.8 Å². The van der Waals surface area contributed by atoms with E-state index in [-0.39, 0.29) is 5.75 Å². The summed E-state index contributed by atoms with van der Waals surface area (Å²) in [4.78, 5) is 0. The van der Waals surface area contributed by atoms with Gasteiger partial charge in [-0.05, 0) is 18.6 Å². The lowest BCUT2D eigenvalue weighted by Crippen LogP contribution is -2.70. The van der Waals surface area contributed by atoms with Crippen molar-refractivity contribution in [3.05, 3.63) is 30.3 Å². The Morgan fingerprint density at radius 3 is 1.48 bits per heavy atom. The van der Waals surface area contributed by atoms with E-state index in [2.05, 4.69) is 0 Å². The van der Waals surface area contributed by atoms with E-state index < -0.39 is 55.2 Å². The largest absolute Gasteiger partial charge is 0.494 e. The first-order valence-corrected chi connectivity index (χ1v) is 7.46. The van der Waals surface area contributed by atoms with Gasteiger partial charge in [0.15, 0.2) is 0 Å². The molecule has 0 aliphatic heterocycles. The molecule has 0 N–H and O–H groups in total. The highest BCUT2D eigenvalue weighted by molar-refractivity contribution is 5.20. The van der Waals surface area contributed by atoms with Crippen LogP contribution in [0, 0.1) is 0 Å². The SMILES string of the molecule is FC(F)(F)C(F)(F)C(F)(F)C(F)(F)C(F)(F)C(F)(F)CCCOc1ccccc1. The maximum Gasteiger partial charge on any atom is 0.460 e. The number of hydrogen-bond acceptors (Lipinski definition) is 1. The molecule has 0 saturated heterocycles. The molecule has 0 aromatic heterocycles. The quantitative estimate of drug-likeness (QED) is 0.303. The third kappa shape index (κ3) is 4.34. The van der Waals surface area contributed by atoms with Crippen LogP contribution in [0.2, 0.25) is 0 Å². The summed E-state index contributed by atoms with van der Waals surface area (Å²) >= 11 is 0.